The van der Waals surface area contributed by atoms with Gasteiger partial charge in [0.15, 0.2) is 0 Å². The van der Waals surface area contributed by atoms with Crippen molar-refractivity contribution in [3.63, 3.8) is 0 Å². The van der Waals surface area contributed by atoms with Gasteiger partial charge in [0, 0.05) is 25.5 Å². The van der Waals surface area contributed by atoms with Crippen LogP contribution in [0.15, 0.2) is 22.9 Å². The van der Waals surface area contributed by atoms with Gasteiger partial charge in [0.2, 0.25) is 0 Å². The Morgan fingerprint density at radius 1 is 1.25 bits per heavy atom. The van der Waals surface area contributed by atoms with Crippen molar-refractivity contribution in [3.8, 4) is 0 Å². The second-order valence-corrected chi connectivity index (χ2v) is 10.3. The van der Waals surface area contributed by atoms with Gasteiger partial charge < -0.3 is 15.2 Å². The fourth-order valence-corrected chi connectivity index (χ4v) is 6.16. The Morgan fingerprint density at radius 3 is 2.56 bits per heavy atom. The lowest BCUT2D eigenvalue weighted by Gasteiger charge is -2.25. The molecule has 10 heteroatoms. The maximum atomic E-state index is 13.2. The monoisotopic (exact) mass is 458 g/mol. The lowest BCUT2D eigenvalue weighted by Crippen LogP contribution is -2.39. The molecule has 2 heterocycles. The third-order valence-electron chi connectivity index (χ3n) is 6.55. The fraction of sp³-hybridized carbons (Fsp3) is 0.545. The summed E-state index contributed by atoms with van der Waals surface area (Å²) in [6, 6.07) is 1.40. The topological polar surface area (TPSA) is 112 Å². The van der Waals surface area contributed by atoms with E-state index in [4.69, 9.17) is 4.74 Å². The number of ether oxygens (including phenoxy) is 1. The lowest BCUT2D eigenvalue weighted by atomic mass is 9.99. The Labute approximate surface area is 188 Å². The molecule has 3 aliphatic rings. The first-order valence-electron chi connectivity index (χ1n) is 11.2. The Kier molecular flexibility index (Phi) is 5.58. The first-order valence-corrected chi connectivity index (χ1v) is 12.6. The van der Waals surface area contributed by atoms with Crippen LogP contribution < -0.4 is 14.7 Å². The standard InChI is InChI=1S/C22H29N5O4S/c1-26-13-17(12-23-26)27(14-18-7-4-10-31-18)32(29,30)25-22(28)24-21-19-8-2-5-15(19)11-16-6-3-9-20(16)21/h11-13,18H,2-10,14H2,1H3,(H2,24,25,28)/p-1/t18-/m0/s1. The Morgan fingerprint density at radius 2 is 1.97 bits per heavy atom. The van der Waals surface area contributed by atoms with Crippen molar-refractivity contribution in [2.24, 2.45) is 11.4 Å². The SMILES string of the molecule is Cn1cc(N(C[C@@H]2CCCO2)S(=O)(=O)/N=C(\[O-])Nc2c3c(cc4c2CCC4)CCC3)cn1. The summed E-state index contributed by atoms with van der Waals surface area (Å²) in [6.07, 6.45) is 10.3. The highest BCUT2D eigenvalue weighted by Crippen LogP contribution is 2.38. The number of nitrogens with zero attached hydrogens (tertiary/aromatic N) is 4. The van der Waals surface area contributed by atoms with Crippen molar-refractivity contribution in [1.82, 2.24) is 9.78 Å². The lowest BCUT2D eigenvalue weighted by molar-refractivity contribution is -0.213. The third kappa shape index (κ3) is 4.09. The average Bonchev–Trinajstić information content (AvgIpc) is 3.52. The zero-order chi connectivity index (χ0) is 22.3. The van der Waals surface area contributed by atoms with Crippen LogP contribution in [-0.4, -0.2) is 43.5 Å². The normalized spacial score (nSPS) is 20.4. The van der Waals surface area contributed by atoms with Crippen LogP contribution in [0, 0.1) is 0 Å². The van der Waals surface area contributed by atoms with E-state index in [-0.39, 0.29) is 12.6 Å². The number of aromatic nitrogens is 2. The minimum atomic E-state index is -4.28. The molecule has 32 heavy (non-hydrogen) atoms. The molecule has 2 aliphatic carbocycles. The van der Waals surface area contributed by atoms with Gasteiger partial charge in [0.05, 0.1) is 30.6 Å². The van der Waals surface area contributed by atoms with E-state index in [1.54, 1.807) is 13.2 Å². The van der Waals surface area contributed by atoms with Crippen molar-refractivity contribution < 1.29 is 18.3 Å². The molecule has 0 amide bonds. The van der Waals surface area contributed by atoms with Gasteiger partial charge in [-0.3, -0.25) is 4.68 Å². The van der Waals surface area contributed by atoms with Gasteiger partial charge in [-0.05, 0) is 73.6 Å². The van der Waals surface area contributed by atoms with Crippen molar-refractivity contribution in [3.05, 3.63) is 40.7 Å². The van der Waals surface area contributed by atoms with E-state index in [9.17, 15) is 13.5 Å². The Bertz CT molecular complexity index is 1120. The Hall–Kier alpha value is -2.59. The van der Waals surface area contributed by atoms with Crippen LogP contribution in [0.2, 0.25) is 0 Å². The minimum Gasteiger partial charge on any atom is -0.845 e. The number of hydrogen-bond donors (Lipinski definition) is 1. The van der Waals surface area contributed by atoms with E-state index >= 15 is 0 Å². The van der Waals surface area contributed by atoms with Gasteiger partial charge in [-0.15, -0.1) is 4.40 Å². The molecule has 0 spiro atoms. The molecule has 0 unspecified atom stereocenters. The highest BCUT2D eigenvalue weighted by molar-refractivity contribution is 7.91. The molecule has 1 fully saturated rings. The average molecular weight is 459 g/mol. The molecule has 1 N–H and O–H groups in total. The summed E-state index contributed by atoms with van der Waals surface area (Å²) in [5.41, 5.74) is 5.94. The molecular formula is C22H28N5O4S-. The number of amidine groups is 1. The number of benzene rings is 1. The zero-order valence-electron chi connectivity index (χ0n) is 18.2. The zero-order valence-corrected chi connectivity index (χ0v) is 19.0. The Balaban J connectivity index is 1.45. The number of aryl methyl sites for hydroxylation is 3. The predicted octanol–water partition coefficient (Wildman–Crippen LogP) is 1.46. The molecule has 2 aromatic rings. The minimum absolute atomic E-state index is 0.0982. The number of nitrogens with one attached hydrogen (secondary N) is 1. The number of hydrogen-bond acceptors (Lipinski definition) is 5. The molecular weight excluding hydrogens is 430 g/mol. The molecule has 172 valence electrons. The maximum absolute atomic E-state index is 13.2. The number of anilines is 2. The highest BCUT2D eigenvalue weighted by atomic mass is 32.2. The van der Waals surface area contributed by atoms with Gasteiger partial charge >= 0.3 is 10.2 Å². The van der Waals surface area contributed by atoms with Crippen LogP contribution >= 0.6 is 0 Å². The van der Waals surface area contributed by atoms with E-state index in [1.807, 2.05) is 0 Å². The first kappa shape index (κ1) is 21.3. The van der Waals surface area contributed by atoms with Gasteiger partial charge in [0.25, 0.3) is 0 Å². The fourth-order valence-electron chi connectivity index (χ4n) is 5.09. The summed E-state index contributed by atoms with van der Waals surface area (Å²) in [5, 5.41) is 19.8. The van der Waals surface area contributed by atoms with E-state index in [0.717, 1.165) is 72.5 Å². The van der Waals surface area contributed by atoms with Crippen molar-refractivity contribution in [2.75, 3.05) is 22.8 Å². The van der Waals surface area contributed by atoms with Crippen LogP contribution in [0.5, 0.6) is 0 Å². The van der Waals surface area contributed by atoms with Gasteiger partial charge in [0.1, 0.15) is 0 Å². The van der Waals surface area contributed by atoms with Crippen molar-refractivity contribution >= 4 is 27.6 Å². The van der Waals surface area contributed by atoms with Crippen molar-refractivity contribution in [2.45, 2.75) is 57.5 Å². The summed E-state index contributed by atoms with van der Waals surface area (Å²) in [7, 11) is -2.57. The summed E-state index contributed by atoms with van der Waals surface area (Å²) in [6.45, 7) is 0.703. The molecule has 0 bridgehead atoms. The molecule has 9 nitrogen and oxygen atoms in total. The maximum Gasteiger partial charge on any atom is 0.345 e. The highest BCUT2D eigenvalue weighted by Gasteiger charge is 2.29. The summed E-state index contributed by atoms with van der Waals surface area (Å²) >= 11 is 0. The number of fused-ring (bicyclic) bond motifs is 2. The molecule has 5 rings (SSSR count). The molecule has 1 aromatic heterocycles. The third-order valence-corrected chi connectivity index (χ3v) is 7.87. The molecule has 1 aliphatic heterocycles. The van der Waals surface area contributed by atoms with E-state index < -0.39 is 16.2 Å². The molecule has 1 saturated heterocycles. The van der Waals surface area contributed by atoms with Crippen molar-refractivity contribution in [1.29, 1.82) is 0 Å². The van der Waals surface area contributed by atoms with Gasteiger partial charge in [-0.1, -0.05) is 6.07 Å². The van der Waals surface area contributed by atoms with Gasteiger partial charge in [-0.2, -0.15) is 13.5 Å². The van der Waals surface area contributed by atoms with Crippen LogP contribution in [0.25, 0.3) is 0 Å². The van der Waals surface area contributed by atoms with Crippen LogP contribution in [-0.2, 0) is 47.7 Å². The number of rotatable bonds is 6. The van der Waals surface area contributed by atoms with Crippen LogP contribution in [0.3, 0.4) is 0 Å². The smallest absolute Gasteiger partial charge is 0.345 e. The molecule has 0 radical (unpaired) electrons. The van der Waals surface area contributed by atoms with Crippen LogP contribution in [0.4, 0.5) is 11.4 Å². The van der Waals surface area contributed by atoms with E-state index in [1.165, 1.54) is 22.0 Å². The van der Waals surface area contributed by atoms with Crippen LogP contribution in [0.1, 0.15) is 47.9 Å². The second-order valence-electron chi connectivity index (χ2n) is 8.77. The van der Waals surface area contributed by atoms with E-state index in [2.05, 4.69) is 20.9 Å². The second kappa shape index (κ2) is 8.40. The molecule has 0 saturated carbocycles. The summed E-state index contributed by atoms with van der Waals surface area (Å²) < 4.78 is 38.3. The predicted molar refractivity (Wildman–Crippen MR) is 120 cm³/mol. The molecule has 1 aromatic carbocycles. The van der Waals surface area contributed by atoms with E-state index in [0.29, 0.717) is 12.3 Å². The molecule has 1 atom stereocenters. The quantitative estimate of drug-likeness (QED) is 0.518. The largest absolute Gasteiger partial charge is 0.845 e. The van der Waals surface area contributed by atoms with Gasteiger partial charge in [-0.25, -0.2) is 4.31 Å². The first-order chi connectivity index (χ1) is 15.4. The summed E-state index contributed by atoms with van der Waals surface area (Å²) in [4.78, 5) is 0. The summed E-state index contributed by atoms with van der Waals surface area (Å²) in [5.74, 6) is 0.